The fraction of sp³-hybridized carbons (Fsp3) is 0.417. The van der Waals surface area contributed by atoms with Gasteiger partial charge in [0.25, 0.3) is 0 Å². The predicted molar refractivity (Wildman–Crippen MR) is 71.9 cm³/mol. The van der Waals surface area contributed by atoms with Crippen molar-refractivity contribution in [3.8, 4) is 0 Å². The Bertz CT molecular complexity index is 325. The first-order valence-corrected chi connectivity index (χ1v) is 6.35. The van der Waals surface area contributed by atoms with Gasteiger partial charge in [-0.2, -0.15) is 0 Å². The van der Waals surface area contributed by atoms with Crippen LogP contribution in [0.5, 0.6) is 0 Å². The summed E-state index contributed by atoms with van der Waals surface area (Å²) in [5, 5.41) is 2.90. The Morgan fingerprint density at radius 3 is 2.87 bits per heavy atom. The van der Waals surface area contributed by atoms with Crippen LogP contribution in [0.25, 0.3) is 0 Å². The van der Waals surface area contributed by atoms with Gasteiger partial charge >= 0.3 is 0 Å². The standard InChI is InChI=1S/C12H16INO/c1-2-3-4-8-12(15)14-11-7-5-6-10(13)9-11/h5-7,9H,2-4,8H2,1H3,(H,14,15). The molecule has 0 aliphatic heterocycles. The Morgan fingerprint density at radius 1 is 1.40 bits per heavy atom. The molecule has 0 radical (unpaired) electrons. The van der Waals surface area contributed by atoms with Crippen molar-refractivity contribution in [1.82, 2.24) is 0 Å². The molecule has 0 saturated carbocycles. The molecule has 15 heavy (non-hydrogen) atoms. The van der Waals surface area contributed by atoms with E-state index in [0.717, 1.165) is 28.5 Å². The molecule has 1 aromatic rings. The molecule has 0 fully saturated rings. The van der Waals surface area contributed by atoms with Crippen LogP contribution in [0.4, 0.5) is 5.69 Å². The van der Waals surface area contributed by atoms with Gasteiger partial charge in [-0.1, -0.05) is 25.8 Å². The second-order valence-corrected chi connectivity index (χ2v) is 4.76. The summed E-state index contributed by atoms with van der Waals surface area (Å²) >= 11 is 2.24. The fourth-order valence-corrected chi connectivity index (χ4v) is 1.87. The third kappa shape index (κ3) is 5.16. The minimum Gasteiger partial charge on any atom is -0.326 e. The highest BCUT2D eigenvalue weighted by atomic mass is 127. The molecular weight excluding hydrogens is 301 g/mol. The van der Waals surface area contributed by atoms with Gasteiger partial charge in [0.05, 0.1) is 0 Å². The Balaban J connectivity index is 2.37. The number of benzene rings is 1. The Kier molecular flexibility index (Phi) is 5.68. The molecule has 0 bridgehead atoms. The minimum atomic E-state index is 0.116. The molecule has 1 amide bonds. The van der Waals surface area contributed by atoms with Gasteiger partial charge in [0.2, 0.25) is 5.91 Å². The molecule has 2 nitrogen and oxygen atoms in total. The highest BCUT2D eigenvalue weighted by molar-refractivity contribution is 14.1. The van der Waals surface area contributed by atoms with Crippen molar-refractivity contribution >= 4 is 34.2 Å². The van der Waals surface area contributed by atoms with Crippen LogP contribution in [-0.4, -0.2) is 5.91 Å². The SMILES string of the molecule is CCCCCC(=O)Nc1cccc(I)c1. The van der Waals surface area contributed by atoms with E-state index in [-0.39, 0.29) is 5.91 Å². The van der Waals surface area contributed by atoms with E-state index in [4.69, 9.17) is 0 Å². The molecule has 0 saturated heterocycles. The zero-order chi connectivity index (χ0) is 11.1. The summed E-state index contributed by atoms with van der Waals surface area (Å²) in [6, 6.07) is 7.84. The quantitative estimate of drug-likeness (QED) is 0.649. The third-order valence-corrected chi connectivity index (χ3v) is 2.79. The number of nitrogens with one attached hydrogen (secondary N) is 1. The number of carbonyl (C=O) groups is 1. The van der Waals surface area contributed by atoms with E-state index in [1.165, 1.54) is 0 Å². The second-order valence-electron chi connectivity index (χ2n) is 3.52. The fourth-order valence-electron chi connectivity index (χ4n) is 1.33. The maximum atomic E-state index is 11.5. The molecular formula is C12H16INO. The number of anilines is 1. The Labute approximate surface area is 105 Å². The summed E-state index contributed by atoms with van der Waals surface area (Å²) in [7, 11) is 0. The molecule has 0 aliphatic carbocycles. The van der Waals surface area contributed by atoms with Crippen molar-refractivity contribution in [2.75, 3.05) is 5.32 Å². The average molecular weight is 317 g/mol. The molecule has 1 rings (SSSR count). The van der Waals surface area contributed by atoms with Crippen molar-refractivity contribution < 1.29 is 4.79 Å². The van der Waals surface area contributed by atoms with Gasteiger partial charge < -0.3 is 5.32 Å². The van der Waals surface area contributed by atoms with Crippen LogP contribution >= 0.6 is 22.6 Å². The van der Waals surface area contributed by atoms with Gasteiger partial charge in [-0.15, -0.1) is 0 Å². The topological polar surface area (TPSA) is 29.1 Å². The van der Waals surface area contributed by atoms with E-state index in [9.17, 15) is 4.79 Å². The van der Waals surface area contributed by atoms with Gasteiger partial charge in [-0.25, -0.2) is 0 Å². The number of halogens is 1. The number of amides is 1. The molecule has 0 heterocycles. The lowest BCUT2D eigenvalue weighted by atomic mass is 10.2. The highest BCUT2D eigenvalue weighted by Crippen LogP contribution is 2.13. The summed E-state index contributed by atoms with van der Waals surface area (Å²) in [6.45, 7) is 2.14. The van der Waals surface area contributed by atoms with Gasteiger partial charge in [-0.05, 0) is 47.2 Å². The number of hydrogen-bond donors (Lipinski definition) is 1. The van der Waals surface area contributed by atoms with Crippen LogP contribution in [0.2, 0.25) is 0 Å². The van der Waals surface area contributed by atoms with Crippen molar-refractivity contribution in [1.29, 1.82) is 0 Å². The second kappa shape index (κ2) is 6.82. The van der Waals surface area contributed by atoms with E-state index in [1.807, 2.05) is 24.3 Å². The molecule has 0 spiro atoms. The number of rotatable bonds is 5. The molecule has 0 aromatic heterocycles. The zero-order valence-electron chi connectivity index (χ0n) is 8.92. The Morgan fingerprint density at radius 2 is 2.20 bits per heavy atom. The Hall–Kier alpha value is -0.580. The van der Waals surface area contributed by atoms with E-state index in [0.29, 0.717) is 6.42 Å². The van der Waals surface area contributed by atoms with Gasteiger partial charge in [0.15, 0.2) is 0 Å². The maximum Gasteiger partial charge on any atom is 0.224 e. The largest absolute Gasteiger partial charge is 0.326 e. The monoisotopic (exact) mass is 317 g/mol. The molecule has 82 valence electrons. The molecule has 1 aromatic carbocycles. The first-order valence-electron chi connectivity index (χ1n) is 5.28. The maximum absolute atomic E-state index is 11.5. The average Bonchev–Trinajstić information content (AvgIpc) is 2.18. The lowest BCUT2D eigenvalue weighted by molar-refractivity contribution is -0.116. The summed E-state index contributed by atoms with van der Waals surface area (Å²) in [5.74, 6) is 0.116. The molecule has 0 unspecified atom stereocenters. The summed E-state index contributed by atoms with van der Waals surface area (Å²) < 4.78 is 1.14. The normalized spacial score (nSPS) is 10.0. The van der Waals surface area contributed by atoms with Crippen LogP contribution in [0.1, 0.15) is 32.6 Å². The number of unbranched alkanes of at least 4 members (excludes halogenated alkanes) is 2. The molecule has 0 aliphatic rings. The van der Waals surface area contributed by atoms with Gasteiger partial charge in [0, 0.05) is 15.7 Å². The van der Waals surface area contributed by atoms with Crippen LogP contribution in [0.15, 0.2) is 24.3 Å². The van der Waals surface area contributed by atoms with Crippen molar-refractivity contribution in [2.45, 2.75) is 32.6 Å². The first-order chi connectivity index (χ1) is 7.22. The third-order valence-electron chi connectivity index (χ3n) is 2.12. The van der Waals surface area contributed by atoms with Gasteiger partial charge in [-0.3, -0.25) is 4.79 Å². The van der Waals surface area contributed by atoms with E-state index >= 15 is 0 Å². The molecule has 1 N–H and O–H groups in total. The minimum absolute atomic E-state index is 0.116. The van der Waals surface area contributed by atoms with E-state index in [1.54, 1.807) is 0 Å². The lowest BCUT2D eigenvalue weighted by Crippen LogP contribution is -2.10. The van der Waals surface area contributed by atoms with E-state index < -0.39 is 0 Å². The smallest absolute Gasteiger partial charge is 0.224 e. The summed E-state index contributed by atoms with van der Waals surface area (Å²) in [6.07, 6.45) is 3.88. The van der Waals surface area contributed by atoms with Crippen LogP contribution in [-0.2, 0) is 4.79 Å². The summed E-state index contributed by atoms with van der Waals surface area (Å²) in [5.41, 5.74) is 0.892. The van der Waals surface area contributed by atoms with Crippen LogP contribution in [0, 0.1) is 3.57 Å². The predicted octanol–water partition coefficient (Wildman–Crippen LogP) is 3.81. The van der Waals surface area contributed by atoms with Crippen LogP contribution in [0.3, 0.4) is 0 Å². The van der Waals surface area contributed by atoms with Gasteiger partial charge in [0.1, 0.15) is 0 Å². The van der Waals surface area contributed by atoms with E-state index in [2.05, 4.69) is 34.8 Å². The number of hydrogen-bond acceptors (Lipinski definition) is 1. The number of carbonyl (C=O) groups excluding carboxylic acids is 1. The first kappa shape index (κ1) is 12.5. The van der Waals surface area contributed by atoms with Crippen LogP contribution < -0.4 is 5.32 Å². The van der Waals surface area contributed by atoms with Crippen molar-refractivity contribution in [2.24, 2.45) is 0 Å². The molecule has 0 atom stereocenters. The molecule has 3 heteroatoms. The van der Waals surface area contributed by atoms with Crippen molar-refractivity contribution in [3.63, 3.8) is 0 Å². The van der Waals surface area contributed by atoms with Crippen molar-refractivity contribution in [3.05, 3.63) is 27.8 Å². The zero-order valence-corrected chi connectivity index (χ0v) is 11.1. The highest BCUT2D eigenvalue weighted by Gasteiger charge is 2.01. The lowest BCUT2D eigenvalue weighted by Gasteiger charge is -2.04. The summed E-state index contributed by atoms with van der Waals surface area (Å²) in [4.78, 5) is 11.5.